The van der Waals surface area contributed by atoms with E-state index in [-0.39, 0.29) is 11.0 Å². The van der Waals surface area contributed by atoms with Crippen LogP contribution in [-0.2, 0) is 6.18 Å². The minimum atomic E-state index is -4.63. The third kappa shape index (κ3) is 1.92. The van der Waals surface area contributed by atoms with Crippen LogP contribution >= 0.6 is 0 Å². The van der Waals surface area contributed by atoms with E-state index in [2.05, 4.69) is 9.97 Å². The molecule has 0 saturated carbocycles. The van der Waals surface area contributed by atoms with E-state index in [1.165, 1.54) is 0 Å². The Balaban J connectivity index is 2.69. The first kappa shape index (κ1) is 12.1. The van der Waals surface area contributed by atoms with Crippen molar-refractivity contribution in [2.45, 2.75) is 6.18 Å². The molecule has 0 saturated heterocycles. The molecule has 8 heteroatoms. The molecule has 18 heavy (non-hydrogen) atoms. The van der Waals surface area contributed by atoms with Gasteiger partial charge in [-0.25, -0.2) is 14.8 Å². The monoisotopic (exact) mass is 258 g/mol. The number of aromatic carboxylic acids is 1. The summed E-state index contributed by atoms with van der Waals surface area (Å²) in [5.41, 5.74) is -2.03. The highest BCUT2D eigenvalue weighted by atomic mass is 19.4. The van der Waals surface area contributed by atoms with Gasteiger partial charge in [0.05, 0.1) is 5.39 Å². The van der Waals surface area contributed by atoms with E-state index in [1.54, 1.807) is 0 Å². The van der Waals surface area contributed by atoms with Crippen LogP contribution in [0.4, 0.5) is 13.2 Å². The summed E-state index contributed by atoms with van der Waals surface area (Å²) in [4.78, 5) is 17.4. The fourth-order valence-electron chi connectivity index (χ4n) is 1.38. The van der Waals surface area contributed by atoms with Crippen LogP contribution in [0.5, 0.6) is 5.75 Å². The largest absolute Gasteiger partial charge is 0.506 e. The molecule has 0 fully saturated rings. The summed E-state index contributed by atoms with van der Waals surface area (Å²) >= 11 is 0. The van der Waals surface area contributed by atoms with Crippen molar-refractivity contribution >= 4 is 17.0 Å². The zero-order valence-corrected chi connectivity index (χ0v) is 8.56. The summed E-state index contributed by atoms with van der Waals surface area (Å²) in [6.07, 6.45) is -3.87. The van der Waals surface area contributed by atoms with Gasteiger partial charge in [-0.3, -0.25) is 0 Å². The predicted molar refractivity (Wildman–Crippen MR) is 53.2 cm³/mol. The summed E-state index contributed by atoms with van der Waals surface area (Å²) in [5, 5.41) is 18.1. The third-order valence-corrected chi connectivity index (χ3v) is 2.22. The molecule has 0 amide bonds. The second-order valence-corrected chi connectivity index (χ2v) is 3.39. The van der Waals surface area contributed by atoms with Crippen molar-refractivity contribution in [3.05, 3.63) is 29.6 Å². The highest BCUT2D eigenvalue weighted by molar-refractivity contribution is 5.97. The van der Waals surface area contributed by atoms with Crippen LogP contribution in [0.2, 0.25) is 0 Å². The molecule has 0 bridgehead atoms. The van der Waals surface area contributed by atoms with Gasteiger partial charge >= 0.3 is 12.1 Å². The molecule has 2 heterocycles. The maximum Gasteiger partial charge on any atom is 0.433 e. The molecule has 2 rings (SSSR count). The number of carbonyl (C=O) groups is 1. The molecule has 0 aliphatic rings. The average molecular weight is 258 g/mol. The SMILES string of the molecule is O=C(O)c1cnc2nc(C(F)(F)F)ccc2c1O. The van der Waals surface area contributed by atoms with Crippen LogP contribution in [-0.4, -0.2) is 26.2 Å². The molecule has 0 aliphatic heterocycles. The van der Waals surface area contributed by atoms with E-state index in [0.29, 0.717) is 6.07 Å². The molecule has 94 valence electrons. The Labute approximate surface area is 97.5 Å². The Morgan fingerprint density at radius 1 is 1.28 bits per heavy atom. The van der Waals surface area contributed by atoms with Crippen LogP contribution in [0.3, 0.4) is 0 Å². The van der Waals surface area contributed by atoms with E-state index >= 15 is 0 Å². The smallest absolute Gasteiger partial charge is 0.433 e. The first-order chi connectivity index (χ1) is 8.30. The molecule has 2 aromatic rings. The number of alkyl halides is 3. The number of pyridine rings is 2. The number of fused-ring (bicyclic) bond motifs is 1. The molecule has 0 radical (unpaired) electrons. The molecule has 2 N–H and O–H groups in total. The minimum Gasteiger partial charge on any atom is -0.506 e. The number of rotatable bonds is 1. The lowest BCUT2D eigenvalue weighted by atomic mass is 10.1. The Hall–Kier alpha value is -2.38. The first-order valence-corrected chi connectivity index (χ1v) is 4.60. The molecule has 0 aliphatic carbocycles. The van der Waals surface area contributed by atoms with Crippen molar-refractivity contribution in [3.8, 4) is 5.75 Å². The van der Waals surface area contributed by atoms with E-state index in [9.17, 15) is 23.1 Å². The molecule has 5 nitrogen and oxygen atoms in total. The highest BCUT2D eigenvalue weighted by Crippen LogP contribution is 2.31. The predicted octanol–water partition coefficient (Wildman–Crippen LogP) is 2.05. The molecule has 0 unspecified atom stereocenters. The van der Waals surface area contributed by atoms with Crippen molar-refractivity contribution in [1.29, 1.82) is 0 Å². The Morgan fingerprint density at radius 2 is 1.94 bits per heavy atom. The summed E-state index contributed by atoms with van der Waals surface area (Å²) in [7, 11) is 0. The summed E-state index contributed by atoms with van der Waals surface area (Å²) in [6, 6.07) is 1.58. The van der Waals surface area contributed by atoms with Gasteiger partial charge in [-0.2, -0.15) is 13.2 Å². The van der Waals surface area contributed by atoms with Gasteiger partial charge < -0.3 is 10.2 Å². The second-order valence-electron chi connectivity index (χ2n) is 3.39. The van der Waals surface area contributed by atoms with Crippen LogP contribution in [0.15, 0.2) is 18.3 Å². The maximum atomic E-state index is 12.4. The normalized spacial score (nSPS) is 11.7. The highest BCUT2D eigenvalue weighted by Gasteiger charge is 2.33. The number of carboxylic acid groups (broad SMARTS) is 1. The van der Waals surface area contributed by atoms with E-state index in [0.717, 1.165) is 12.3 Å². The topological polar surface area (TPSA) is 83.3 Å². The van der Waals surface area contributed by atoms with E-state index < -0.39 is 29.2 Å². The van der Waals surface area contributed by atoms with Crippen molar-refractivity contribution < 1.29 is 28.2 Å². The Kier molecular flexibility index (Phi) is 2.57. The molecule has 0 aromatic carbocycles. The van der Waals surface area contributed by atoms with Crippen molar-refractivity contribution in [2.24, 2.45) is 0 Å². The quantitative estimate of drug-likeness (QED) is 0.817. The van der Waals surface area contributed by atoms with Gasteiger partial charge in [0.2, 0.25) is 0 Å². The summed E-state index contributed by atoms with van der Waals surface area (Å²) < 4.78 is 37.1. The average Bonchev–Trinajstić information content (AvgIpc) is 2.27. The number of hydrogen-bond acceptors (Lipinski definition) is 4. The fraction of sp³-hybridized carbons (Fsp3) is 0.100. The minimum absolute atomic E-state index is 0.150. The van der Waals surface area contributed by atoms with Crippen molar-refractivity contribution in [2.75, 3.05) is 0 Å². The number of hydrogen-bond donors (Lipinski definition) is 2. The van der Waals surface area contributed by atoms with Crippen LogP contribution in [0, 0.1) is 0 Å². The van der Waals surface area contributed by atoms with Gasteiger partial charge in [-0.05, 0) is 12.1 Å². The summed E-state index contributed by atoms with van der Waals surface area (Å²) in [5.74, 6) is -2.09. The van der Waals surface area contributed by atoms with Crippen molar-refractivity contribution in [1.82, 2.24) is 9.97 Å². The number of nitrogens with zero attached hydrogens (tertiary/aromatic N) is 2. The van der Waals surface area contributed by atoms with Gasteiger partial charge in [-0.15, -0.1) is 0 Å². The third-order valence-electron chi connectivity index (χ3n) is 2.22. The van der Waals surface area contributed by atoms with E-state index in [1.807, 2.05) is 0 Å². The van der Waals surface area contributed by atoms with E-state index in [4.69, 9.17) is 5.11 Å². The Morgan fingerprint density at radius 3 is 2.50 bits per heavy atom. The van der Waals surface area contributed by atoms with Gasteiger partial charge in [0.25, 0.3) is 0 Å². The number of aromatic hydroxyl groups is 1. The molecular weight excluding hydrogens is 253 g/mol. The lowest BCUT2D eigenvalue weighted by Gasteiger charge is -2.07. The standard InChI is InChI=1S/C10H5F3N2O3/c11-10(12,13)6-2-1-4-7(16)5(9(17)18)3-14-8(4)15-6/h1-3H,(H,17,18)(H,14,15,16). The van der Waals surface area contributed by atoms with Crippen molar-refractivity contribution in [3.63, 3.8) is 0 Å². The number of carboxylic acids is 1. The van der Waals surface area contributed by atoms with Gasteiger partial charge in [0, 0.05) is 6.20 Å². The van der Waals surface area contributed by atoms with Crippen LogP contribution in [0.1, 0.15) is 16.1 Å². The molecule has 0 atom stereocenters. The zero-order valence-electron chi connectivity index (χ0n) is 8.56. The lowest BCUT2D eigenvalue weighted by Crippen LogP contribution is -2.08. The van der Waals surface area contributed by atoms with Crippen LogP contribution in [0.25, 0.3) is 11.0 Å². The number of aromatic nitrogens is 2. The Bertz CT molecular complexity index is 640. The molecule has 0 spiro atoms. The molecular formula is C10H5F3N2O3. The first-order valence-electron chi connectivity index (χ1n) is 4.60. The maximum absolute atomic E-state index is 12.4. The fourth-order valence-corrected chi connectivity index (χ4v) is 1.38. The number of halogens is 3. The zero-order chi connectivity index (χ0) is 13.5. The molecule has 2 aromatic heterocycles. The van der Waals surface area contributed by atoms with Crippen LogP contribution < -0.4 is 0 Å². The van der Waals surface area contributed by atoms with Gasteiger partial charge in [0.1, 0.15) is 17.0 Å². The summed E-state index contributed by atoms with van der Waals surface area (Å²) in [6.45, 7) is 0. The van der Waals surface area contributed by atoms with Gasteiger partial charge in [0.15, 0.2) is 5.65 Å². The second kappa shape index (κ2) is 3.83. The van der Waals surface area contributed by atoms with Gasteiger partial charge in [-0.1, -0.05) is 0 Å². The lowest BCUT2D eigenvalue weighted by molar-refractivity contribution is -0.141.